The number of likely N-dealkylation sites (tertiary alicyclic amines) is 1. The molecule has 2 heterocycles. The van der Waals surface area contributed by atoms with Crippen LogP contribution < -0.4 is 10.5 Å². The molecule has 1 aliphatic rings. The van der Waals surface area contributed by atoms with Crippen molar-refractivity contribution in [2.24, 2.45) is 11.7 Å². The second-order valence-corrected chi connectivity index (χ2v) is 8.05. The Bertz CT molecular complexity index is 1120. The highest BCUT2D eigenvalue weighted by molar-refractivity contribution is 6.00. The molecule has 1 unspecified atom stereocenters. The number of hydrogen-bond donors (Lipinski definition) is 1. The molecule has 31 heavy (non-hydrogen) atoms. The molecule has 7 heteroatoms. The molecule has 2 aromatic carbocycles. The number of hydrogen-bond acceptors (Lipinski definition) is 4. The number of benzene rings is 2. The number of carbonyl (C=O) groups excluding carboxylic acids is 2. The van der Waals surface area contributed by atoms with Gasteiger partial charge in [-0.05, 0) is 49.2 Å². The van der Waals surface area contributed by atoms with Crippen LogP contribution in [-0.2, 0) is 17.9 Å². The minimum absolute atomic E-state index is 0.0859. The van der Waals surface area contributed by atoms with Crippen molar-refractivity contribution in [1.29, 1.82) is 0 Å². The summed E-state index contributed by atoms with van der Waals surface area (Å²) in [6.45, 7) is 2.25. The average molecular weight is 423 g/mol. The molecule has 1 aromatic heterocycles. The molecule has 1 amide bonds. The van der Waals surface area contributed by atoms with Gasteiger partial charge in [0.05, 0.1) is 12.7 Å². The van der Waals surface area contributed by atoms with E-state index in [0.717, 1.165) is 35.9 Å². The summed E-state index contributed by atoms with van der Waals surface area (Å²) in [6, 6.07) is 12.0. The molecule has 1 fully saturated rings. The van der Waals surface area contributed by atoms with Gasteiger partial charge in [0.25, 0.3) is 0 Å². The van der Waals surface area contributed by atoms with Crippen LogP contribution in [0.3, 0.4) is 0 Å². The summed E-state index contributed by atoms with van der Waals surface area (Å²) in [5.74, 6) is -0.738. The Hall–Kier alpha value is -3.19. The lowest BCUT2D eigenvalue weighted by molar-refractivity contribution is -0.118. The predicted molar refractivity (Wildman–Crippen MR) is 116 cm³/mol. The van der Waals surface area contributed by atoms with Gasteiger partial charge in [-0.15, -0.1) is 0 Å². The number of ether oxygens (including phenoxy) is 1. The average Bonchev–Trinajstić information content (AvgIpc) is 3.10. The van der Waals surface area contributed by atoms with Crippen LogP contribution in [0.1, 0.15) is 28.8 Å². The number of carbonyl (C=O) groups is 2. The normalized spacial score (nSPS) is 17.0. The fourth-order valence-corrected chi connectivity index (χ4v) is 4.49. The first-order valence-corrected chi connectivity index (χ1v) is 10.4. The summed E-state index contributed by atoms with van der Waals surface area (Å²) in [5, 5.41) is 1.07. The maximum absolute atomic E-state index is 13.8. The third-order valence-corrected chi connectivity index (χ3v) is 5.89. The number of ketones is 1. The summed E-state index contributed by atoms with van der Waals surface area (Å²) < 4.78 is 20.9. The molecule has 0 spiro atoms. The number of Topliss-reactive ketones (excluding diaryl/α,β-unsaturated/α-hetero) is 1. The van der Waals surface area contributed by atoms with Crippen LogP contribution in [0.25, 0.3) is 10.9 Å². The van der Waals surface area contributed by atoms with Crippen molar-refractivity contribution in [3.8, 4) is 5.75 Å². The van der Waals surface area contributed by atoms with Crippen molar-refractivity contribution in [1.82, 2.24) is 9.47 Å². The lowest BCUT2D eigenvalue weighted by atomic mass is 9.89. The van der Waals surface area contributed by atoms with Gasteiger partial charge >= 0.3 is 0 Å². The molecule has 1 aliphatic heterocycles. The highest BCUT2D eigenvalue weighted by atomic mass is 19.1. The minimum Gasteiger partial charge on any atom is -0.496 e. The maximum Gasteiger partial charge on any atom is 0.237 e. The smallest absolute Gasteiger partial charge is 0.237 e. The van der Waals surface area contributed by atoms with Gasteiger partial charge < -0.3 is 15.0 Å². The number of nitrogens with two attached hydrogens (primary N) is 1. The van der Waals surface area contributed by atoms with E-state index in [1.165, 1.54) is 25.3 Å². The van der Waals surface area contributed by atoms with Gasteiger partial charge in [0.1, 0.15) is 18.1 Å². The predicted octanol–water partition coefficient (Wildman–Crippen LogP) is 3.37. The highest BCUT2D eigenvalue weighted by Gasteiger charge is 2.29. The lowest BCUT2D eigenvalue weighted by Crippen LogP contribution is -2.38. The van der Waals surface area contributed by atoms with Crippen LogP contribution in [0.2, 0.25) is 0 Å². The van der Waals surface area contributed by atoms with Gasteiger partial charge in [0, 0.05) is 36.1 Å². The Labute approximate surface area is 180 Å². The summed E-state index contributed by atoms with van der Waals surface area (Å²) in [5.41, 5.74) is 7.76. The van der Waals surface area contributed by atoms with E-state index in [4.69, 9.17) is 10.5 Å². The Morgan fingerprint density at radius 3 is 2.81 bits per heavy atom. The van der Waals surface area contributed by atoms with Gasteiger partial charge in [-0.1, -0.05) is 18.2 Å². The zero-order valence-electron chi connectivity index (χ0n) is 17.5. The number of primary amides is 1. The number of nitrogens with zero attached hydrogens (tertiary/aromatic N) is 2. The molecule has 3 aromatic rings. The molecule has 1 atom stereocenters. The van der Waals surface area contributed by atoms with E-state index in [0.29, 0.717) is 24.4 Å². The number of halogens is 1. The van der Waals surface area contributed by atoms with Crippen molar-refractivity contribution >= 4 is 22.6 Å². The molecule has 0 bridgehead atoms. The largest absolute Gasteiger partial charge is 0.496 e. The number of aromatic nitrogens is 1. The number of fused-ring (bicyclic) bond motifs is 1. The van der Waals surface area contributed by atoms with Crippen molar-refractivity contribution < 1.29 is 18.7 Å². The first-order valence-electron chi connectivity index (χ1n) is 10.4. The molecule has 1 saturated heterocycles. The Balaban J connectivity index is 1.54. The number of amides is 1. The van der Waals surface area contributed by atoms with Crippen LogP contribution in [0.15, 0.2) is 48.7 Å². The monoisotopic (exact) mass is 423 g/mol. The number of rotatable bonds is 7. The molecular weight excluding hydrogens is 397 g/mol. The molecule has 0 aliphatic carbocycles. The topological polar surface area (TPSA) is 77.6 Å². The molecule has 0 saturated carbocycles. The molecule has 2 N–H and O–H groups in total. The molecule has 6 nitrogen and oxygen atoms in total. The van der Waals surface area contributed by atoms with Gasteiger partial charge in [-0.3, -0.25) is 14.5 Å². The van der Waals surface area contributed by atoms with Gasteiger partial charge in [-0.25, -0.2) is 4.39 Å². The summed E-state index contributed by atoms with van der Waals surface area (Å²) >= 11 is 0. The fourth-order valence-electron chi connectivity index (χ4n) is 4.49. The zero-order valence-corrected chi connectivity index (χ0v) is 17.5. The van der Waals surface area contributed by atoms with Crippen LogP contribution in [0, 0.1) is 11.7 Å². The van der Waals surface area contributed by atoms with E-state index < -0.39 is 5.82 Å². The second-order valence-electron chi connectivity index (χ2n) is 8.05. The van der Waals surface area contributed by atoms with Crippen molar-refractivity contribution in [2.45, 2.75) is 25.9 Å². The standard InChI is InChI=1S/C24H26FN3O3/c1-31-22-9-8-18(25)11-20(22)24(30)16-5-4-10-27(12-16)13-17-14-28(15-23(26)29)21-7-3-2-6-19(17)21/h2-3,6-9,11,14,16H,4-5,10,12-13,15H2,1H3,(H2,26,29). The second kappa shape index (κ2) is 8.89. The third kappa shape index (κ3) is 4.46. The first-order chi connectivity index (χ1) is 15.0. The van der Waals surface area contributed by atoms with Crippen LogP contribution in [-0.4, -0.2) is 41.4 Å². The molecule has 162 valence electrons. The van der Waals surface area contributed by atoms with Crippen molar-refractivity contribution in [2.75, 3.05) is 20.2 Å². The maximum atomic E-state index is 13.8. The minimum atomic E-state index is -0.445. The lowest BCUT2D eigenvalue weighted by Gasteiger charge is -2.32. The molecule has 4 rings (SSSR count). The van der Waals surface area contributed by atoms with Crippen LogP contribution in [0.5, 0.6) is 5.75 Å². The zero-order chi connectivity index (χ0) is 22.0. The van der Waals surface area contributed by atoms with Gasteiger partial charge in [-0.2, -0.15) is 0 Å². The third-order valence-electron chi connectivity index (χ3n) is 5.89. The summed E-state index contributed by atoms with van der Waals surface area (Å²) in [7, 11) is 1.49. The van der Waals surface area contributed by atoms with E-state index in [1.54, 1.807) is 0 Å². The SMILES string of the molecule is COc1ccc(F)cc1C(=O)C1CCCN(Cc2cn(CC(N)=O)c3ccccc23)C1. The van der Waals surface area contributed by atoms with E-state index >= 15 is 0 Å². The van der Waals surface area contributed by atoms with Crippen LogP contribution in [0.4, 0.5) is 4.39 Å². The van der Waals surface area contributed by atoms with Gasteiger partial charge in [0.2, 0.25) is 5.91 Å². The summed E-state index contributed by atoms with van der Waals surface area (Å²) in [4.78, 5) is 26.8. The first kappa shape index (κ1) is 21.1. The Kier molecular flexibility index (Phi) is 6.04. The van der Waals surface area contributed by atoms with E-state index in [9.17, 15) is 14.0 Å². The number of piperidine rings is 1. The Morgan fingerprint density at radius 1 is 1.23 bits per heavy atom. The van der Waals surface area contributed by atoms with Gasteiger partial charge in [0.15, 0.2) is 5.78 Å². The fraction of sp³-hybridized carbons (Fsp3) is 0.333. The highest BCUT2D eigenvalue weighted by Crippen LogP contribution is 2.29. The quantitative estimate of drug-likeness (QED) is 0.591. The Morgan fingerprint density at radius 2 is 2.03 bits per heavy atom. The van der Waals surface area contributed by atoms with E-state index in [1.807, 2.05) is 35.0 Å². The molecular formula is C24H26FN3O3. The number of para-hydroxylation sites is 1. The van der Waals surface area contributed by atoms with E-state index in [-0.39, 0.29) is 24.2 Å². The van der Waals surface area contributed by atoms with Crippen molar-refractivity contribution in [3.63, 3.8) is 0 Å². The van der Waals surface area contributed by atoms with Crippen LogP contribution >= 0.6 is 0 Å². The number of methoxy groups -OCH3 is 1. The van der Waals surface area contributed by atoms with Crippen molar-refractivity contribution in [3.05, 3.63) is 65.6 Å². The summed E-state index contributed by atoms with van der Waals surface area (Å²) in [6.07, 6.45) is 3.61. The molecule has 0 radical (unpaired) electrons. The van der Waals surface area contributed by atoms with E-state index in [2.05, 4.69) is 4.90 Å².